The molecule has 0 spiro atoms. The first kappa shape index (κ1) is 17.8. The molecule has 148 valence electrons. The fraction of sp³-hybridized carbons (Fsp3) is 0.524. The zero-order valence-corrected chi connectivity index (χ0v) is 16.0. The van der Waals surface area contributed by atoms with Crippen LogP contribution in [0.4, 0.5) is 16.2 Å². The Labute approximate surface area is 164 Å². The second-order valence-electron chi connectivity index (χ2n) is 7.84. The van der Waals surface area contributed by atoms with Crippen LogP contribution in [0.1, 0.15) is 24.4 Å². The number of benzene rings is 1. The lowest BCUT2D eigenvalue weighted by molar-refractivity contribution is -0.0548. The molecule has 6 nitrogen and oxygen atoms in total. The highest BCUT2D eigenvalue weighted by molar-refractivity contribution is 5.46. The first-order valence-corrected chi connectivity index (χ1v) is 10.2. The number of aromatic nitrogens is 2. The number of ether oxygens (including phenoxy) is 1. The van der Waals surface area contributed by atoms with Gasteiger partial charge in [-0.25, -0.2) is 9.37 Å². The van der Waals surface area contributed by atoms with Gasteiger partial charge in [0, 0.05) is 32.7 Å². The van der Waals surface area contributed by atoms with E-state index < -0.39 is 0 Å². The Bertz CT molecular complexity index is 814. The molecule has 0 N–H and O–H groups in total. The largest absolute Gasteiger partial charge is 0.378 e. The fourth-order valence-electron chi connectivity index (χ4n) is 4.64. The molecule has 5 rings (SSSR count). The van der Waals surface area contributed by atoms with E-state index in [0.717, 1.165) is 52.2 Å². The van der Waals surface area contributed by atoms with E-state index in [2.05, 4.69) is 44.0 Å². The topological polar surface area (TPSA) is 44.7 Å². The van der Waals surface area contributed by atoms with Gasteiger partial charge in [-0.3, -0.25) is 4.90 Å². The minimum absolute atomic E-state index is 0.288. The Morgan fingerprint density at radius 3 is 2.61 bits per heavy atom. The Hall–Kier alpha value is -2.25. The molecule has 0 bridgehead atoms. The van der Waals surface area contributed by atoms with Crippen molar-refractivity contribution < 1.29 is 9.13 Å². The van der Waals surface area contributed by atoms with Gasteiger partial charge >= 0.3 is 0 Å². The van der Waals surface area contributed by atoms with Crippen LogP contribution in [0.15, 0.2) is 36.5 Å². The number of piperazine rings is 1. The third kappa shape index (κ3) is 3.33. The third-order valence-corrected chi connectivity index (χ3v) is 6.10. The van der Waals surface area contributed by atoms with Crippen LogP contribution >= 0.6 is 0 Å². The molecule has 1 aromatic heterocycles. The van der Waals surface area contributed by atoms with Gasteiger partial charge in [-0.1, -0.05) is 30.3 Å². The van der Waals surface area contributed by atoms with Crippen molar-refractivity contribution >= 4 is 11.8 Å². The van der Waals surface area contributed by atoms with Crippen molar-refractivity contribution in [2.45, 2.75) is 24.9 Å². The van der Waals surface area contributed by atoms with Crippen molar-refractivity contribution in [2.75, 3.05) is 55.7 Å². The highest BCUT2D eigenvalue weighted by Crippen LogP contribution is 2.31. The summed E-state index contributed by atoms with van der Waals surface area (Å²) in [6.07, 6.45) is 3.52. The molecule has 3 aliphatic rings. The van der Waals surface area contributed by atoms with Gasteiger partial charge < -0.3 is 14.5 Å². The average Bonchev–Trinajstić information content (AvgIpc) is 3.28. The molecule has 7 heteroatoms. The molecular weight excluding hydrogens is 357 g/mol. The highest BCUT2D eigenvalue weighted by atomic mass is 19.1. The predicted molar refractivity (Wildman–Crippen MR) is 106 cm³/mol. The minimum Gasteiger partial charge on any atom is -0.378 e. The molecule has 2 atom stereocenters. The van der Waals surface area contributed by atoms with E-state index in [9.17, 15) is 4.39 Å². The molecule has 0 amide bonds. The number of anilines is 2. The minimum atomic E-state index is -0.325. The molecule has 2 aromatic rings. The number of rotatable bonds is 3. The summed E-state index contributed by atoms with van der Waals surface area (Å²) in [6, 6.07) is 11.1. The molecule has 4 heterocycles. The van der Waals surface area contributed by atoms with E-state index >= 15 is 0 Å². The Morgan fingerprint density at radius 1 is 0.964 bits per heavy atom. The van der Waals surface area contributed by atoms with Crippen molar-refractivity contribution in [1.82, 2.24) is 14.9 Å². The van der Waals surface area contributed by atoms with Crippen LogP contribution in [0, 0.1) is 5.82 Å². The summed E-state index contributed by atoms with van der Waals surface area (Å²) in [5.41, 5.74) is 1.30. The maximum absolute atomic E-state index is 14.3. The van der Waals surface area contributed by atoms with E-state index in [-0.39, 0.29) is 17.9 Å². The molecule has 1 aromatic carbocycles. The second kappa shape index (κ2) is 7.64. The lowest BCUT2D eigenvalue weighted by Gasteiger charge is -2.48. The summed E-state index contributed by atoms with van der Waals surface area (Å²) < 4.78 is 20.2. The van der Waals surface area contributed by atoms with Gasteiger partial charge in [0.05, 0.1) is 31.5 Å². The fourth-order valence-corrected chi connectivity index (χ4v) is 4.64. The van der Waals surface area contributed by atoms with E-state index in [1.807, 2.05) is 11.0 Å². The monoisotopic (exact) mass is 383 g/mol. The maximum Gasteiger partial charge on any atom is 0.227 e. The van der Waals surface area contributed by atoms with E-state index in [4.69, 9.17) is 4.74 Å². The lowest BCUT2D eigenvalue weighted by atomic mass is 10.0. The van der Waals surface area contributed by atoms with Crippen LogP contribution < -0.4 is 9.80 Å². The van der Waals surface area contributed by atoms with E-state index in [1.54, 1.807) is 0 Å². The van der Waals surface area contributed by atoms with Crippen LogP contribution in [0.3, 0.4) is 0 Å². The van der Waals surface area contributed by atoms with Crippen LogP contribution in [0.2, 0.25) is 0 Å². The molecule has 0 saturated carbocycles. The summed E-state index contributed by atoms with van der Waals surface area (Å²) in [4.78, 5) is 15.7. The van der Waals surface area contributed by atoms with Gasteiger partial charge in [0.25, 0.3) is 0 Å². The van der Waals surface area contributed by atoms with Crippen molar-refractivity contribution in [3.8, 4) is 0 Å². The Balaban J connectivity index is 1.34. The number of hydrogen-bond donors (Lipinski definition) is 0. The maximum atomic E-state index is 14.3. The number of morpholine rings is 1. The average molecular weight is 383 g/mol. The van der Waals surface area contributed by atoms with Crippen LogP contribution in [-0.2, 0) is 4.74 Å². The lowest BCUT2D eigenvalue weighted by Crippen LogP contribution is -2.59. The molecular formula is C21H26FN5O. The van der Waals surface area contributed by atoms with Crippen molar-refractivity contribution in [1.29, 1.82) is 0 Å². The van der Waals surface area contributed by atoms with Crippen molar-refractivity contribution in [2.24, 2.45) is 0 Å². The third-order valence-electron chi connectivity index (χ3n) is 6.10. The standard InChI is InChI=1S/C21H26FN5O/c22-18-12-23-21(24-20(18)25-8-4-5-9-25)26-10-11-27-17(13-26)14-28-15-19(27)16-6-2-1-3-7-16/h1-3,6-7,12,17,19H,4-5,8-11,13-15H2/t17-,19-/m1/s1. The highest BCUT2D eigenvalue weighted by Gasteiger charge is 2.37. The molecule has 3 fully saturated rings. The normalized spacial score (nSPS) is 25.8. The van der Waals surface area contributed by atoms with Gasteiger partial charge in [0.2, 0.25) is 5.95 Å². The summed E-state index contributed by atoms with van der Waals surface area (Å²) in [5.74, 6) is 0.756. The quantitative estimate of drug-likeness (QED) is 0.812. The van der Waals surface area contributed by atoms with Crippen LogP contribution in [-0.4, -0.2) is 66.8 Å². The van der Waals surface area contributed by atoms with Crippen LogP contribution in [0.5, 0.6) is 0 Å². The van der Waals surface area contributed by atoms with Gasteiger partial charge in [0.1, 0.15) is 0 Å². The van der Waals surface area contributed by atoms with Gasteiger partial charge in [-0.05, 0) is 18.4 Å². The van der Waals surface area contributed by atoms with E-state index in [0.29, 0.717) is 18.4 Å². The zero-order chi connectivity index (χ0) is 18.9. The summed E-state index contributed by atoms with van der Waals surface area (Å²) in [7, 11) is 0. The number of hydrogen-bond acceptors (Lipinski definition) is 6. The number of fused-ring (bicyclic) bond motifs is 1. The predicted octanol–water partition coefficient (Wildman–Crippen LogP) is 2.48. The Morgan fingerprint density at radius 2 is 1.79 bits per heavy atom. The molecule has 3 aliphatic heterocycles. The summed E-state index contributed by atoms with van der Waals surface area (Å²) in [6.45, 7) is 5.74. The summed E-state index contributed by atoms with van der Waals surface area (Å²) in [5, 5.41) is 0. The molecule has 0 radical (unpaired) electrons. The molecule has 28 heavy (non-hydrogen) atoms. The van der Waals surface area contributed by atoms with Gasteiger partial charge in [0.15, 0.2) is 11.6 Å². The van der Waals surface area contributed by atoms with Gasteiger partial charge in [-0.2, -0.15) is 4.98 Å². The number of halogens is 1. The first-order valence-electron chi connectivity index (χ1n) is 10.2. The zero-order valence-electron chi connectivity index (χ0n) is 16.0. The van der Waals surface area contributed by atoms with E-state index in [1.165, 1.54) is 11.8 Å². The second-order valence-corrected chi connectivity index (χ2v) is 7.84. The molecule has 0 unspecified atom stereocenters. The Kier molecular flexibility index (Phi) is 4.86. The van der Waals surface area contributed by atoms with Crippen molar-refractivity contribution in [3.63, 3.8) is 0 Å². The smallest absolute Gasteiger partial charge is 0.227 e. The SMILES string of the molecule is Fc1cnc(N2CCN3[C@@H](COC[C@@H]3c3ccccc3)C2)nc1N1CCCC1. The van der Waals surface area contributed by atoms with Crippen LogP contribution in [0.25, 0.3) is 0 Å². The number of nitrogens with zero attached hydrogens (tertiary/aromatic N) is 5. The molecule has 3 saturated heterocycles. The summed E-state index contributed by atoms with van der Waals surface area (Å²) >= 11 is 0. The molecule has 0 aliphatic carbocycles. The first-order chi connectivity index (χ1) is 13.8. The van der Waals surface area contributed by atoms with Gasteiger partial charge in [-0.15, -0.1) is 0 Å². The van der Waals surface area contributed by atoms with Crippen molar-refractivity contribution in [3.05, 3.63) is 47.9 Å².